The van der Waals surface area contributed by atoms with Gasteiger partial charge in [0.05, 0.1) is 4.91 Å². The fourth-order valence-electron chi connectivity index (χ4n) is 2.15. The molecule has 0 fully saturated rings. The number of thioether (sulfide) groups is 1. The maximum atomic E-state index is 12.7. The Labute approximate surface area is 133 Å². The lowest BCUT2D eigenvalue weighted by molar-refractivity contribution is -0.114. The van der Waals surface area contributed by atoms with Crippen LogP contribution in [0.1, 0.15) is 12.5 Å². The molecule has 22 heavy (non-hydrogen) atoms. The zero-order chi connectivity index (χ0) is 16.1. The Hall–Kier alpha value is -2.27. The number of hydrogen-bond acceptors (Lipinski definition) is 5. The Balaban J connectivity index is 2.46. The van der Waals surface area contributed by atoms with Gasteiger partial charge >= 0.3 is 0 Å². The summed E-state index contributed by atoms with van der Waals surface area (Å²) in [6.07, 6.45) is 2.98. The average molecular weight is 315 g/mol. The predicted molar refractivity (Wildman–Crippen MR) is 89.5 cm³/mol. The van der Waals surface area contributed by atoms with Crippen molar-refractivity contribution >= 4 is 28.9 Å². The number of para-hydroxylation sites is 1. The largest absolute Gasteiger partial charge is 0.507 e. The summed E-state index contributed by atoms with van der Waals surface area (Å²) in [4.78, 5) is 25.5. The first kappa shape index (κ1) is 16.1. The molecule has 1 aliphatic rings. The van der Waals surface area contributed by atoms with Gasteiger partial charge in [-0.15, -0.1) is 18.3 Å². The number of phenols is 1. The summed E-state index contributed by atoms with van der Waals surface area (Å²) in [5.74, 6) is 0.00586. The molecule has 5 heteroatoms. The number of phenolic OH excluding ortho intramolecular Hbond substituents is 1. The number of rotatable bonds is 6. The highest BCUT2D eigenvalue weighted by molar-refractivity contribution is 8.04. The zero-order valence-corrected chi connectivity index (χ0v) is 13.1. The van der Waals surface area contributed by atoms with Gasteiger partial charge < -0.3 is 10.4 Å². The summed E-state index contributed by atoms with van der Waals surface area (Å²) >= 11 is 1.28. The van der Waals surface area contributed by atoms with E-state index in [1.807, 2.05) is 6.92 Å². The summed E-state index contributed by atoms with van der Waals surface area (Å²) < 4.78 is 0. The van der Waals surface area contributed by atoms with Crippen molar-refractivity contribution in [1.29, 1.82) is 0 Å². The Bertz CT molecular complexity index is 689. The Morgan fingerprint density at radius 3 is 2.68 bits per heavy atom. The second-order valence-electron chi connectivity index (χ2n) is 4.60. The first-order valence-electron chi connectivity index (χ1n) is 6.91. The van der Waals surface area contributed by atoms with Crippen LogP contribution in [0, 0.1) is 0 Å². The number of Topliss-reactive ketones (excluding diaryl/α,β-unsaturated/α-hetero) is 1. The van der Waals surface area contributed by atoms with E-state index in [1.165, 1.54) is 23.9 Å². The fourth-order valence-corrected chi connectivity index (χ4v) is 2.94. The maximum absolute atomic E-state index is 12.7. The number of aromatic hydroxyl groups is 1. The van der Waals surface area contributed by atoms with E-state index in [0.29, 0.717) is 28.5 Å². The smallest absolute Gasteiger partial charge is 0.211 e. The number of hydrogen-bond donors (Lipinski definition) is 2. The summed E-state index contributed by atoms with van der Waals surface area (Å²) in [5.41, 5.74) is 0.867. The monoisotopic (exact) mass is 315 g/mol. The van der Waals surface area contributed by atoms with Crippen molar-refractivity contribution in [2.45, 2.75) is 6.92 Å². The molecule has 0 saturated carbocycles. The third kappa shape index (κ3) is 3.14. The van der Waals surface area contributed by atoms with Gasteiger partial charge in [-0.1, -0.05) is 24.3 Å². The van der Waals surface area contributed by atoms with Crippen LogP contribution >= 0.6 is 11.8 Å². The van der Waals surface area contributed by atoms with Crippen molar-refractivity contribution in [2.24, 2.45) is 0 Å². The van der Waals surface area contributed by atoms with Crippen molar-refractivity contribution < 1.29 is 14.7 Å². The molecule has 1 aromatic carbocycles. The van der Waals surface area contributed by atoms with Crippen LogP contribution < -0.4 is 5.32 Å². The van der Waals surface area contributed by atoms with Gasteiger partial charge in [-0.25, -0.2) is 0 Å². The number of nitrogens with one attached hydrogen (secondary N) is 1. The van der Waals surface area contributed by atoms with Crippen molar-refractivity contribution in [2.75, 3.05) is 12.3 Å². The van der Waals surface area contributed by atoms with Gasteiger partial charge in [0, 0.05) is 23.4 Å². The number of benzene rings is 1. The first-order chi connectivity index (χ1) is 10.6. The van der Waals surface area contributed by atoms with Crippen LogP contribution in [0.2, 0.25) is 0 Å². The van der Waals surface area contributed by atoms with Crippen LogP contribution in [-0.2, 0) is 9.59 Å². The van der Waals surface area contributed by atoms with Gasteiger partial charge in [-0.05, 0) is 19.1 Å². The van der Waals surface area contributed by atoms with Gasteiger partial charge in [0.1, 0.15) is 11.4 Å². The summed E-state index contributed by atoms with van der Waals surface area (Å²) in [6, 6.07) is 6.50. The van der Waals surface area contributed by atoms with E-state index in [4.69, 9.17) is 0 Å². The molecule has 0 atom stereocenters. The Kier molecular flexibility index (Phi) is 5.22. The highest BCUT2D eigenvalue weighted by Crippen LogP contribution is 2.34. The quantitative estimate of drug-likeness (QED) is 0.624. The van der Waals surface area contributed by atoms with Gasteiger partial charge in [-0.2, -0.15) is 0 Å². The molecule has 4 nitrogen and oxygen atoms in total. The molecule has 1 aliphatic carbocycles. The number of carbonyl (C=O) groups is 2. The van der Waals surface area contributed by atoms with Crippen LogP contribution in [0.4, 0.5) is 0 Å². The Morgan fingerprint density at radius 1 is 1.32 bits per heavy atom. The molecule has 0 amide bonds. The lowest BCUT2D eigenvalue weighted by Gasteiger charge is -2.19. The number of ketones is 2. The van der Waals surface area contributed by atoms with Crippen molar-refractivity contribution in [3.05, 3.63) is 59.2 Å². The number of allylic oxidation sites excluding steroid dienone is 3. The summed E-state index contributed by atoms with van der Waals surface area (Å²) in [7, 11) is 0. The van der Waals surface area contributed by atoms with E-state index < -0.39 is 0 Å². The highest BCUT2D eigenvalue weighted by atomic mass is 32.2. The van der Waals surface area contributed by atoms with Crippen molar-refractivity contribution in [3.63, 3.8) is 0 Å². The third-order valence-corrected chi connectivity index (χ3v) is 4.19. The molecule has 2 N–H and O–H groups in total. The van der Waals surface area contributed by atoms with Gasteiger partial charge in [-0.3, -0.25) is 9.59 Å². The molecule has 1 aromatic rings. The maximum Gasteiger partial charge on any atom is 0.211 e. The molecule has 0 heterocycles. The molecule has 0 aromatic heterocycles. The number of likely N-dealkylation sites (N-methyl/N-ethyl adjacent to an activating group) is 1. The second kappa shape index (κ2) is 7.13. The molecular formula is C17H17NO3S. The van der Waals surface area contributed by atoms with E-state index in [-0.39, 0.29) is 22.9 Å². The van der Waals surface area contributed by atoms with Gasteiger partial charge in [0.2, 0.25) is 5.78 Å². The molecule has 0 aliphatic heterocycles. The van der Waals surface area contributed by atoms with Crippen LogP contribution in [0.15, 0.2) is 53.6 Å². The standard InChI is InChI=1S/C17H17NO3S/c1-3-9-22-17-14(20)10-12(16(21)15(17)18-4-2)11-7-5-6-8-13(11)19/h3,5-8,10,18-19H,1,4,9H2,2H3. The summed E-state index contributed by atoms with van der Waals surface area (Å²) in [5, 5.41) is 12.9. The first-order valence-corrected chi connectivity index (χ1v) is 7.89. The highest BCUT2D eigenvalue weighted by Gasteiger charge is 2.30. The minimum absolute atomic E-state index is 0.0204. The van der Waals surface area contributed by atoms with Crippen LogP contribution in [0.5, 0.6) is 5.75 Å². The SMILES string of the molecule is C=CCSC1=C(NCC)C(=O)C(c2ccccc2O)=CC1=O. The van der Waals surface area contributed by atoms with E-state index in [0.717, 1.165) is 0 Å². The second-order valence-corrected chi connectivity index (χ2v) is 5.63. The van der Waals surface area contributed by atoms with Gasteiger partial charge in [0.15, 0.2) is 5.78 Å². The molecule has 0 bridgehead atoms. The molecule has 114 valence electrons. The zero-order valence-electron chi connectivity index (χ0n) is 12.3. The number of carbonyl (C=O) groups excluding carboxylic acids is 2. The lowest BCUT2D eigenvalue weighted by atomic mass is 9.93. The lowest BCUT2D eigenvalue weighted by Crippen LogP contribution is -2.28. The van der Waals surface area contributed by atoms with Crippen LogP contribution in [-0.4, -0.2) is 29.0 Å². The van der Waals surface area contributed by atoms with Gasteiger partial charge in [0.25, 0.3) is 0 Å². The molecule has 0 unspecified atom stereocenters. The van der Waals surface area contributed by atoms with Crippen molar-refractivity contribution in [3.8, 4) is 5.75 Å². The van der Waals surface area contributed by atoms with Crippen LogP contribution in [0.25, 0.3) is 5.57 Å². The van der Waals surface area contributed by atoms with Crippen LogP contribution in [0.3, 0.4) is 0 Å². The molecular weight excluding hydrogens is 298 g/mol. The molecule has 0 radical (unpaired) electrons. The predicted octanol–water partition coefficient (Wildman–Crippen LogP) is 2.67. The minimum Gasteiger partial charge on any atom is -0.507 e. The average Bonchev–Trinajstić information content (AvgIpc) is 2.51. The van der Waals surface area contributed by atoms with E-state index in [1.54, 1.807) is 24.3 Å². The summed E-state index contributed by atoms with van der Waals surface area (Å²) in [6.45, 7) is 6.01. The van der Waals surface area contributed by atoms with E-state index in [9.17, 15) is 14.7 Å². The molecule has 2 rings (SSSR count). The third-order valence-electron chi connectivity index (χ3n) is 3.09. The van der Waals surface area contributed by atoms with E-state index in [2.05, 4.69) is 11.9 Å². The molecule has 0 saturated heterocycles. The minimum atomic E-state index is -0.283. The van der Waals surface area contributed by atoms with Crippen molar-refractivity contribution in [1.82, 2.24) is 5.32 Å². The normalized spacial score (nSPS) is 14.9. The topological polar surface area (TPSA) is 66.4 Å². The fraction of sp³-hybridized carbons (Fsp3) is 0.176. The Morgan fingerprint density at radius 2 is 2.05 bits per heavy atom. The van der Waals surface area contributed by atoms with E-state index >= 15 is 0 Å². The molecule has 0 spiro atoms.